The highest BCUT2D eigenvalue weighted by molar-refractivity contribution is 7.48. The number of carbonyl (C=O) groups is 1. The lowest BCUT2D eigenvalue weighted by atomic mass is 9.97. The van der Waals surface area contributed by atoms with Crippen molar-refractivity contribution >= 4 is 13.8 Å². The van der Waals surface area contributed by atoms with Gasteiger partial charge in [0.05, 0.1) is 42.7 Å². The molecule has 1 saturated carbocycles. The molecule has 0 aromatic carbocycles. The normalized spacial score (nSPS) is 37.2. The van der Waals surface area contributed by atoms with Gasteiger partial charge in [-0.1, -0.05) is 6.92 Å². The number of phosphoric acid groups is 1. The van der Waals surface area contributed by atoms with Gasteiger partial charge < -0.3 is 24.5 Å². The Hall–Kier alpha value is -0.540. The number of nitrogens with two attached hydrogens (primary N) is 1. The minimum absolute atomic E-state index is 0.0369. The van der Waals surface area contributed by atoms with E-state index in [1.807, 2.05) is 34.6 Å². The molecule has 7 atom stereocenters. The lowest BCUT2D eigenvalue weighted by molar-refractivity contribution is -0.155. The monoisotopic (exact) mass is 437 g/mol. The zero-order valence-corrected chi connectivity index (χ0v) is 19.1. The van der Waals surface area contributed by atoms with Gasteiger partial charge in [-0.3, -0.25) is 9.42 Å². The van der Waals surface area contributed by atoms with E-state index in [1.165, 1.54) is 0 Å². The second-order valence-corrected chi connectivity index (χ2v) is 10.3. The van der Waals surface area contributed by atoms with Crippen LogP contribution in [0.25, 0.3) is 0 Å². The predicted molar refractivity (Wildman–Crippen MR) is 106 cm³/mol. The van der Waals surface area contributed by atoms with E-state index in [0.29, 0.717) is 19.3 Å². The average molecular weight is 437 g/mol. The summed E-state index contributed by atoms with van der Waals surface area (Å²) >= 11 is 0. The molecule has 0 amide bonds. The molecule has 1 aliphatic carbocycles. The van der Waals surface area contributed by atoms with Crippen molar-refractivity contribution < 1.29 is 37.5 Å². The number of carbonyl (C=O) groups excluding carboxylic acids is 1. The Morgan fingerprint density at radius 2 is 1.90 bits per heavy atom. The third-order valence-electron chi connectivity index (χ3n) is 5.10. The van der Waals surface area contributed by atoms with E-state index in [2.05, 4.69) is 0 Å². The molecule has 0 bridgehead atoms. The summed E-state index contributed by atoms with van der Waals surface area (Å²) in [5.74, 6) is -0.794. The van der Waals surface area contributed by atoms with Crippen LogP contribution in [0.4, 0.5) is 0 Å². The highest BCUT2D eigenvalue weighted by atomic mass is 31.2. The molecule has 2 rings (SSSR count). The van der Waals surface area contributed by atoms with Gasteiger partial charge in [-0.2, -0.15) is 0 Å². The molecule has 0 aromatic rings. The first-order valence-electron chi connectivity index (χ1n) is 10.3. The maximum Gasteiger partial charge on any atom is 0.530 e. The lowest BCUT2D eigenvalue weighted by Crippen LogP contribution is -2.52. The van der Waals surface area contributed by atoms with Gasteiger partial charge in [0.2, 0.25) is 0 Å². The summed E-state index contributed by atoms with van der Waals surface area (Å²) in [6.07, 6.45) is -1.25. The molecule has 0 radical (unpaired) electrons. The van der Waals surface area contributed by atoms with Crippen molar-refractivity contribution in [1.29, 1.82) is 0 Å². The van der Waals surface area contributed by atoms with E-state index in [9.17, 15) is 14.3 Å². The molecule has 3 unspecified atom stereocenters. The minimum atomic E-state index is -4.71. The van der Waals surface area contributed by atoms with Gasteiger partial charge >= 0.3 is 13.8 Å². The smallest absolute Gasteiger partial charge is 0.377 e. The molecule has 9 nitrogen and oxygen atoms in total. The molecule has 10 heteroatoms. The molecule has 1 saturated heterocycles. The quantitative estimate of drug-likeness (QED) is 0.523. The average Bonchev–Trinajstić information content (AvgIpc) is 3.03. The Labute approximate surface area is 173 Å². The van der Waals surface area contributed by atoms with E-state index >= 15 is 0 Å². The van der Waals surface area contributed by atoms with Crippen LogP contribution in [0.3, 0.4) is 0 Å². The highest BCUT2D eigenvalue weighted by Crippen LogP contribution is 2.50. The molecule has 3 N–H and O–H groups in total. The summed E-state index contributed by atoms with van der Waals surface area (Å²) in [7, 11) is -4.71. The largest absolute Gasteiger partial charge is 0.530 e. The van der Waals surface area contributed by atoms with E-state index in [-0.39, 0.29) is 30.8 Å². The van der Waals surface area contributed by atoms with E-state index < -0.39 is 37.6 Å². The summed E-state index contributed by atoms with van der Waals surface area (Å²) in [5.41, 5.74) is 5.50. The van der Waals surface area contributed by atoms with Crippen molar-refractivity contribution in [2.24, 2.45) is 11.7 Å². The fourth-order valence-electron chi connectivity index (χ4n) is 3.96. The Balaban J connectivity index is 2.02. The van der Waals surface area contributed by atoms with Crippen molar-refractivity contribution in [2.45, 2.75) is 103 Å². The molecule has 2 aliphatic rings. The van der Waals surface area contributed by atoms with Crippen LogP contribution in [0, 0.1) is 5.92 Å². The molecular formula is C19H36NO8P. The summed E-state index contributed by atoms with van der Waals surface area (Å²) < 4.78 is 39.6. The Kier molecular flexibility index (Phi) is 8.29. The maximum absolute atomic E-state index is 12.6. The van der Waals surface area contributed by atoms with Crippen LogP contribution < -0.4 is 5.73 Å². The topological polar surface area (TPSA) is 127 Å². The third kappa shape index (κ3) is 6.99. The highest BCUT2D eigenvalue weighted by Gasteiger charge is 2.49. The van der Waals surface area contributed by atoms with Gasteiger partial charge in [-0.05, 0) is 53.4 Å². The second-order valence-electron chi connectivity index (χ2n) is 8.94. The zero-order chi connectivity index (χ0) is 22.0. The van der Waals surface area contributed by atoms with Gasteiger partial charge in [0, 0.05) is 6.42 Å². The van der Waals surface area contributed by atoms with Crippen LogP contribution in [-0.2, 0) is 32.6 Å². The Bertz CT molecular complexity index is 615. The van der Waals surface area contributed by atoms with Gasteiger partial charge in [0.1, 0.15) is 0 Å². The SMILES string of the molecule is CC(C)OC[C@@]1(N)C[C@@H](C)CC1OP(=O)(O)OC(=O)[C@H]1O[C@@H](C)CC1OC(C)C. The minimum Gasteiger partial charge on any atom is -0.377 e. The number of hydrogen-bond donors (Lipinski definition) is 2. The predicted octanol–water partition coefficient (Wildman–Crippen LogP) is 2.54. The molecule has 2 fully saturated rings. The Morgan fingerprint density at radius 3 is 2.48 bits per heavy atom. The number of ether oxygens (including phenoxy) is 3. The second kappa shape index (κ2) is 9.73. The fraction of sp³-hybridized carbons (Fsp3) is 0.947. The summed E-state index contributed by atoms with van der Waals surface area (Å²) in [6.45, 7) is 11.4. The molecular weight excluding hydrogens is 401 g/mol. The van der Waals surface area contributed by atoms with E-state index in [0.717, 1.165) is 0 Å². The van der Waals surface area contributed by atoms with Crippen molar-refractivity contribution in [3.05, 3.63) is 0 Å². The van der Waals surface area contributed by atoms with E-state index in [4.69, 9.17) is 29.0 Å². The van der Waals surface area contributed by atoms with Crippen LogP contribution >= 0.6 is 7.82 Å². The molecule has 170 valence electrons. The lowest BCUT2D eigenvalue weighted by Gasteiger charge is -2.32. The first kappa shape index (κ1) is 24.7. The van der Waals surface area contributed by atoms with Crippen molar-refractivity contribution in [3.63, 3.8) is 0 Å². The van der Waals surface area contributed by atoms with Gasteiger partial charge in [-0.15, -0.1) is 0 Å². The first-order chi connectivity index (χ1) is 13.3. The van der Waals surface area contributed by atoms with Crippen molar-refractivity contribution in [2.75, 3.05) is 6.61 Å². The van der Waals surface area contributed by atoms with Crippen LogP contribution in [0.5, 0.6) is 0 Å². The molecule has 29 heavy (non-hydrogen) atoms. The zero-order valence-electron chi connectivity index (χ0n) is 18.2. The molecule has 0 spiro atoms. The summed E-state index contributed by atoms with van der Waals surface area (Å²) in [6, 6.07) is 0. The molecule has 0 aromatic heterocycles. The number of hydrogen-bond acceptors (Lipinski definition) is 8. The third-order valence-corrected chi connectivity index (χ3v) is 6.03. The van der Waals surface area contributed by atoms with Crippen LogP contribution in [0.15, 0.2) is 0 Å². The summed E-state index contributed by atoms with van der Waals surface area (Å²) in [4.78, 5) is 22.8. The van der Waals surface area contributed by atoms with Crippen molar-refractivity contribution in [3.8, 4) is 0 Å². The standard InChI is InChI=1S/C19H36NO8P/c1-11(2)24-10-19(20)9-13(5)7-16(19)27-29(22,23)28-18(21)17-15(25-12(3)4)8-14(6)26-17/h11-17H,7-10,20H2,1-6H3,(H,22,23)/t13-,14-,15?,16?,17-,19-/m0/s1. The van der Waals surface area contributed by atoms with Gasteiger partial charge in [0.15, 0.2) is 6.10 Å². The number of phosphoric ester groups is 1. The van der Waals surface area contributed by atoms with Crippen molar-refractivity contribution in [1.82, 2.24) is 0 Å². The van der Waals surface area contributed by atoms with Gasteiger partial charge in [-0.25, -0.2) is 9.36 Å². The maximum atomic E-state index is 12.6. The Morgan fingerprint density at radius 1 is 1.24 bits per heavy atom. The van der Waals surface area contributed by atoms with Crippen LogP contribution in [-0.4, -0.2) is 59.6 Å². The fourth-order valence-corrected chi connectivity index (χ4v) is 4.95. The molecule has 1 heterocycles. The van der Waals surface area contributed by atoms with Gasteiger partial charge in [0.25, 0.3) is 0 Å². The summed E-state index contributed by atoms with van der Waals surface area (Å²) in [5, 5.41) is 0. The number of rotatable bonds is 9. The van der Waals surface area contributed by atoms with Crippen LogP contribution in [0.2, 0.25) is 0 Å². The van der Waals surface area contributed by atoms with E-state index in [1.54, 1.807) is 6.92 Å². The van der Waals surface area contributed by atoms with Crippen LogP contribution in [0.1, 0.15) is 60.8 Å². The molecule has 1 aliphatic heterocycles. The first-order valence-corrected chi connectivity index (χ1v) is 11.8.